The third kappa shape index (κ3) is 2.07. The van der Waals surface area contributed by atoms with E-state index in [1.807, 2.05) is 13.8 Å². The number of nitrogens with zero attached hydrogens (tertiary/aromatic N) is 2. The number of aromatic nitrogens is 2. The van der Waals surface area contributed by atoms with Gasteiger partial charge in [-0.2, -0.15) is 0 Å². The summed E-state index contributed by atoms with van der Waals surface area (Å²) < 4.78 is 3.19. The lowest BCUT2D eigenvalue weighted by atomic mass is 10.2. The fourth-order valence-corrected chi connectivity index (χ4v) is 2.22. The highest BCUT2D eigenvalue weighted by molar-refractivity contribution is 5.92. The molecule has 0 unspecified atom stereocenters. The molecule has 0 saturated carbocycles. The van der Waals surface area contributed by atoms with Crippen molar-refractivity contribution in [3.05, 3.63) is 46.9 Å². The molecule has 1 aromatic heterocycles. The maximum absolute atomic E-state index is 12.3. The Hall–Kier alpha value is -2.30. The first-order chi connectivity index (χ1) is 8.97. The van der Waals surface area contributed by atoms with Gasteiger partial charge in [-0.25, -0.2) is 9.59 Å². The number of carbonyl (C=O) groups is 1. The van der Waals surface area contributed by atoms with Crippen LogP contribution < -0.4 is 5.69 Å². The summed E-state index contributed by atoms with van der Waals surface area (Å²) in [5.41, 5.74) is 1.39. The average molecular weight is 260 g/mol. The number of carboxylic acid groups (broad SMARTS) is 1. The van der Waals surface area contributed by atoms with Gasteiger partial charge in [-0.05, 0) is 32.0 Å². The van der Waals surface area contributed by atoms with Crippen molar-refractivity contribution < 1.29 is 9.90 Å². The molecule has 2 aromatic rings. The van der Waals surface area contributed by atoms with E-state index in [0.29, 0.717) is 12.1 Å². The second-order valence-electron chi connectivity index (χ2n) is 4.65. The van der Waals surface area contributed by atoms with Crippen LogP contribution in [0.5, 0.6) is 0 Å². The van der Waals surface area contributed by atoms with E-state index in [4.69, 9.17) is 5.11 Å². The van der Waals surface area contributed by atoms with E-state index >= 15 is 0 Å². The van der Waals surface area contributed by atoms with Crippen LogP contribution >= 0.6 is 0 Å². The van der Waals surface area contributed by atoms with Gasteiger partial charge < -0.3 is 5.11 Å². The van der Waals surface area contributed by atoms with Gasteiger partial charge in [0.05, 0.1) is 16.6 Å². The lowest BCUT2D eigenvalue weighted by Gasteiger charge is -2.06. The summed E-state index contributed by atoms with van der Waals surface area (Å²) in [5, 5.41) is 9.04. The highest BCUT2D eigenvalue weighted by Crippen LogP contribution is 2.19. The van der Waals surface area contributed by atoms with Gasteiger partial charge in [0.25, 0.3) is 0 Å². The molecule has 0 radical (unpaired) electrons. The molecule has 0 atom stereocenters. The van der Waals surface area contributed by atoms with Gasteiger partial charge in [-0.15, -0.1) is 6.58 Å². The summed E-state index contributed by atoms with van der Waals surface area (Å²) in [5.74, 6) is -1.00. The van der Waals surface area contributed by atoms with E-state index in [9.17, 15) is 9.59 Å². The van der Waals surface area contributed by atoms with Crippen molar-refractivity contribution in [1.82, 2.24) is 9.13 Å². The zero-order valence-corrected chi connectivity index (χ0v) is 11.0. The second-order valence-corrected chi connectivity index (χ2v) is 4.65. The fourth-order valence-electron chi connectivity index (χ4n) is 2.22. The van der Waals surface area contributed by atoms with Crippen LogP contribution in [0.15, 0.2) is 35.6 Å². The SMILES string of the molecule is C=CCn1c(=O)n(C(C)C)c2ccc(C(=O)O)cc21. The van der Waals surface area contributed by atoms with Crippen molar-refractivity contribution in [3.8, 4) is 0 Å². The zero-order valence-electron chi connectivity index (χ0n) is 11.0. The van der Waals surface area contributed by atoms with Crippen LogP contribution in [0.25, 0.3) is 11.0 Å². The third-order valence-corrected chi connectivity index (χ3v) is 3.04. The second kappa shape index (κ2) is 4.76. The Bertz CT molecular complexity index is 707. The Labute approximate surface area is 110 Å². The van der Waals surface area contributed by atoms with Gasteiger partial charge in [0.1, 0.15) is 0 Å². The molecule has 0 amide bonds. The molecule has 0 aliphatic rings. The van der Waals surface area contributed by atoms with Crippen molar-refractivity contribution in [2.45, 2.75) is 26.4 Å². The normalized spacial score (nSPS) is 11.1. The first-order valence-corrected chi connectivity index (χ1v) is 6.06. The molecule has 100 valence electrons. The Morgan fingerprint density at radius 1 is 1.42 bits per heavy atom. The van der Waals surface area contributed by atoms with Crippen LogP contribution in [0, 0.1) is 0 Å². The number of hydrogen-bond donors (Lipinski definition) is 1. The fraction of sp³-hybridized carbons (Fsp3) is 0.286. The van der Waals surface area contributed by atoms with E-state index in [2.05, 4.69) is 6.58 Å². The minimum atomic E-state index is -1.00. The molecule has 0 aliphatic heterocycles. The summed E-state index contributed by atoms with van der Waals surface area (Å²) >= 11 is 0. The minimum absolute atomic E-state index is 0.0109. The molecule has 0 bridgehead atoms. The van der Waals surface area contributed by atoms with Gasteiger partial charge in [-0.3, -0.25) is 9.13 Å². The largest absolute Gasteiger partial charge is 0.478 e. The Morgan fingerprint density at radius 2 is 2.11 bits per heavy atom. The number of rotatable bonds is 4. The first kappa shape index (κ1) is 13.1. The summed E-state index contributed by atoms with van der Waals surface area (Å²) in [7, 11) is 0. The molecule has 0 saturated heterocycles. The zero-order chi connectivity index (χ0) is 14.2. The molecule has 1 heterocycles. The summed E-state index contributed by atoms with van der Waals surface area (Å²) in [6.45, 7) is 7.83. The molecule has 1 N–H and O–H groups in total. The molecule has 19 heavy (non-hydrogen) atoms. The molecular weight excluding hydrogens is 244 g/mol. The molecule has 0 aliphatic carbocycles. The van der Waals surface area contributed by atoms with Crippen LogP contribution in [0.1, 0.15) is 30.2 Å². The number of hydrogen-bond acceptors (Lipinski definition) is 2. The number of benzene rings is 1. The van der Waals surface area contributed by atoms with E-state index in [0.717, 1.165) is 5.52 Å². The van der Waals surface area contributed by atoms with Gasteiger partial charge in [0.2, 0.25) is 0 Å². The summed E-state index contributed by atoms with van der Waals surface area (Å²) in [4.78, 5) is 23.4. The van der Waals surface area contributed by atoms with Crippen molar-refractivity contribution in [2.24, 2.45) is 0 Å². The van der Waals surface area contributed by atoms with Gasteiger partial charge in [0, 0.05) is 12.6 Å². The Morgan fingerprint density at radius 3 is 2.63 bits per heavy atom. The van der Waals surface area contributed by atoms with Gasteiger partial charge >= 0.3 is 11.7 Å². The maximum Gasteiger partial charge on any atom is 0.335 e. The van der Waals surface area contributed by atoms with Crippen LogP contribution in [0.3, 0.4) is 0 Å². The molecule has 5 heteroatoms. The minimum Gasteiger partial charge on any atom is -0.478 e. The predicted octanol–water partition coefficient (Wildman–Crippen LogP) is 2.27. The molecule has 1 aromatic carbocycles. The van der Waals surface area contributed by atoms with E-state index < -0.39 is 5.97 Å². The highest BCUT2D eigenvalue weighted by atomic mass is 16.4. The number of imidazole rings is 1. The van der Waals surface area contributed by atoms with Crippen molar-refractivity contribution in [1.29, 1.82) is 0 Å². The summed E-state index contributed by atoms with van der Waals surface area (Å²) in [6, 6.07) is 4.74. The lowest BCUT2D eigenvalue weighted by Crippen LogP contribution is -2.25. The summed E-state index contributed by atoms with van der Waals surface area (Å²) in [6.07, 6.45) is 1.62. The smallest absolute Gasteiger partial charge is 0.335 e. The van der Waals surface area contributed by atoms with Crippen molar-refractivity contribution >= 4 is 17.0 Å². The highest BCUT2D eigenvalue weighted by Gasteiger charge is 2.16. The van der Waals surface area contributed by atoms with Crippen molar-refractivity contribution in [3.63, 3.8) is 0 Å². The first-order valence-electron chi connectivity index (χ1n) is 6.06. The van der Waals surface area contributed by atoms with Crippen LogP contribution in [-0.4, -0.2) is 20.2 Å². The molecule has 5 nitrogen and oxygen atoms in total. The maximum atomic E-state index is 12.3. The quantitative estimate of drug-likeness (QED) is 0.858. The van der Waals surface area contributed by atoms with Gasteiger partial charge in [-0.1, -0.05) is 6.08 Å². The number of carboxylic acids is 1. The Balaban J connectivity index is 2.85. The van der Waals surface area contributed by atoms with Gasteiger partial charge in [0.15, 0.2) is 0 Å². The molecule has 0 fully saturated rings. The van der Waals surface area contributed by atoms with Crippen molar-refractivity contribution in [2.75, 3.05) is 0 Å². The standard InChI is InChI=1S/C14H16N2O3/c1-4-7-15-12-8-10(13(17)18)5-6-11(12)16(9(2)3)14(15)19/h4-6,8-9H,1,7H2,2-3H3,(H,17,18). The van der Waals surface area contributed by atoms with Crippen LogP contribution in [-0.2, 0) is 6.54 Å². The molecule has 2 rings (SSSR count). The van der Waals surface area contributed by atoms with E-state index in [1.165, 1.54) is 16.7 Å². The van der Waals surface area contributed by atoms with Crippen LogP contribution in [0.2, 0.25) is 0 Å². The molecular formula is C14H16N2O3. The number of allylic oxidation sites excluding steroid dienone is 1. The number of aromatic carboxylic acids is 1. The van der Waals surface area contributed by atoms with Crippen LogP contribution in [0.4, 0.5) is 0 Å². The topological polar surface area (TPSA) is 64.2 Å². The van der Waals surface area contributed by atoms with E-state index in [-0.39, 0.29) is 17.3 Å². The molecule has 0 spiro atoms. The average Bonchev–Trinajstić information content (AvgIpc) is 2.62. The monoisotopic (exact) mass is 260 g/mol. The van der Waals surface area contributed by atoms with E-state index in [1.54, 1.807) is 16.7 Å². The predicted molar refractivity (Wildman–Crippen MR) is 73.7 cm³/mol. The third-order valence-electron chi connectivity index (χ3n) is 3.04. The Kier molecular flexibility index (Phi) is 3.29. The lowest BCUT2D eigenvalue weighted by molar-refractivity contribution is 0.0697. The number of fused-ring (bicyclic) bond motifs is 1.